The van der Waals surface area contributed by atoms with Gasteiger partial charge in [-0.2, -0.15) is 24.9 Å². The average molecular weight is 332 g/mol. The zero-order valence-electron chi connectivity index (χ0n) is 12.8. The fourth-order valence-corrected chi connectivity index (χ4v) is 3.33. The summed E-state index contributed by atoms with van der Waals surface area (Å²) in [6.07, 6.45) is -0.213. The van der Waals surface area contributed by atoms with E-state index >= 15 is 0 Å². The van der Waals surface area contributed by atoms with Crippen molar-refractivity contribution in [2.75, 3.05) is 31.6 Å². The summed E-state index contributed by atoms with van der Waals surface area (Å²) in [6.45, 7) is 3.04. The molecule has 2 nitrogen and oxygen atoms in total. The molecule has 1 heterocycles. The normalized spacial score (nSPS) is 19.0. The lowest BCUT2D eigenvalue weighted by molar-refractivity contribution is -0.138. The van der Waals surface area contributed by atoms with Crippen LogP contribution in [0, 0.1) is 0 Å². The molecular formula is C16H23F3N2S. The van der Waals surface area contributed by atoms with Crippen LogP contribution < -0.4 is 5.32 Å². The molecule has 1 aliphatic heterocycles. The highest BCUT2D eigenvalue weighted by molar-refractivity contribution is 7.98. The third kappa shape index (κ3) is 4.89. The predicted octanol–water partition coefficient (Wildman–Crippen LogP) is 3.62. The van der Waals surface area contributed by atoms with Gasteiger partial charge in [-0.15, -0.1) is 0 Å². The van der Waals surface area contributed by atoms with Gasteiger partial charge in [-0.3, -0.25) is 4.90 Å². The number of halogens is 3. The lowest BCUT2D eigenvalue weighted by Gasteiger charge is -2.29. The van der Waals surface area contributed by atoms with Crippen LogP contribution in [0.3, 0.4) is 0 Å². The molecule has 0 aliphatic carbocycles. The Kier molecular flexibility index (Phi) is 6.59. The summed E-state index contributed by atoms with van der Waals surface area (Å²) in [6, 6.07) is 6.27. The molecule has 22 heavy (non-hydrogen) atoms. The molecule has 1 aromatic rings. The van der Waals surface area contributed by atoms with E-state index in [4.69, 9.17) is 0 Å². The van der Waals surface area contributed by atoms with Gasteiger partial charge in [0.05, 0.1) is 5.56 Å². The Labute approximate surface area is 134 Å². The second kappa shape index (κ2) is 8.22. The van der Waals surface area contributed by atoms with Crippen LogP contribution in [0.4, 0.5) is 13.2 Å². The summed E-state index contributed by atoms with van der Waals surface area (Å²) in [7, 11) is 0. The van der Waals surface area contributed by atoms with E-state index < -0.39 is 11.7 Å². The van der Waals surface area contributed by atoms with Crippen LogP contribution in [0.5, 0.6) is 0 Å². The molecule has 124 valence electrons. The maximum atomic E-state index is 13.1. The molecule has 0 spiro atoms. The SMILES string of the molecule is CSCCCN(Cc1ccccc1C(F)(F)F)[C@H]1CCNC1. The Morgan fingerprint density at radius 3 is 2.73 bits per heavy atom. The molecular weight excluding hydrogens is 309 g/mol. The highest BCUT2D eigenvalue weighted by atomic mass is 32.2. The first kappa shape index (κ1) is 17.6. The molecule has 1 aromatic carbocycles. The van der Waals surface area contributed by atoms with Crippen LogP contribution in [0.25, 0.3) is 0 Å². The monoisotopic (exact) mass is 332 g/mol. The largest absolute Gasteiger partial charge is 0.416 e. The second-order valence-electron chi connectivity index (χ2n) is 5.62. The van der Waals surface area contributed by atoms with Crippen molar-refractivity contribution in [1.29, 1.82) is 0 Å². The van der Waals surface area contributed by atoms with Crippen molar-refractivity contribution >= 4 is 11.8 Å². The second-order valence-corrected chi connectivity index (χ2v) is 6.60. The molecule has 6 heteroatoms. The van der Waals surface area contributed by atoms with Crippen LogP contribution in [0.1, 0.15) is 24.0 Å². The highest BCUT2D eigenvalue weighted by Gasteiger charge is 2.34. The van der Waals surface area contributed by atoms with Crippen LogP contribution in [-0.2, 0) is 12.7 Å². The van der Waals surface area contributed by atoms with Gasteiger partial charge in [0, 0.05) is 19.1 Å². The number of thioether (sulfide) groups is 1. The first-order chi connectivity index (χ1) is 10.5. The fourth-order valence-electron chi connectivity index (χ4n) is 2.91. The van der Waals surface area contributed by atoms with Crippen molar-refractivity contribution in [2.24, 2.45) is 0 Å². The van der Waals surface area contributed by atoms with Crippen LogP contribution in [0.2, 0.25) is 0 Å². The van der Waals surface area contributed by atoms with Crippen molar-refractivity contribution in [3.05, 3.63) is 35.4 Å². The number of benzene rings is 1. The molecule has 2 rings (SSSR count). The van der Waals surface area contributed by atoms with Crippen molar-refractivity contribution in [3.63, 3.8) is 0 Å². The maximum Gasteiger partial charge on any atom is 0.416 e. The molecule has 0 bridgehead atoms. The summed E-state index contributed by atoms with van der Waals surface area (Å²) in [5, 5.41) is 3.30. The summed E-state index contributed by atoms with van der Waals surface area (Å²) < 4.78 is 39.4. The number of rotatable bonds is 7. The molecule has 0 radical (unpaired) electrons. The topological polar surface area (TPSA) is 15.3 Å². The average Bonchev–Trinajstić information content (AvgIpc) is 3.00. The van der Waals surface area contributed by atoms with Gasteiger partial charge in [0.15, 0.2) is 0 Å². The van der Waals surface area contributed by atoms with Gasteiger partial charge in [0.1, 0.15) is 0 Å². The summed E-state index contributed by atoms with van der Waals surface area (Å²) >= 11 is 1.78. The Bertz CT molecular complexity index is 459. The summed E-state index contributed by atoms with van der Waals surface area (Å²) in [4.78, 5) is 2.21. The standard InChI is InChI=1S/C16H23F3N2S/c1-22-10-4-9-21(14-7-8-20-11-14)12-13-5-2-3-6-15(13)16(17,18)19/h2-3,5-6,14,20H,4,7-12H2,1H3/t14-/m0/s1. The lowest BCUT2D eigenvalue weighted by atomic mass is 10.1. The summed E-state index contributed by atoms with van der Waals surface area (Å²) in [5.74, 6) is 1.04. The van der Waals surface area contributed by atoms with E-state index in [0.29, 0.717) is 18.2 Å². The van der Waals surface area contributed by atoms with E-state index in [0.717, 1.165) is 38.2 Å². The van der Waals surface area contributed by atoms with Crippen LogP contribution >= 0.6 is 11.8 Å². The molecule has 1 fully saturated rings. The van der Waals surface area contributed by atoms with Gasteiger partial charge in [-0.25, -0.2) is 0 Å². The number of alkyl halides is 3. The molecule has 1 N–H and O–H groups in total. The molecule has 0 saturated carbocycles. The third-order valence-corrected chi connectivity index (χ3v) is 4.74. The number of hydrogen-bond acceptors (Lipinski definition) is 3. The predicted molar refractivity (Wildman–Crippen MR) is 86.1 cm³/mol. The minimum Gasteiger partial charge on any atom is -0.315 e. The smallest absolute Gasteiger partial charge is 0.315 e. The lowest BCUT2D eigenvalue weighted by Crippen LogP contribution is -2.37. The van der Waals surface area contributed by atoms with E-state index in [1.807, 2.05) is 0 Å². The van der Waals surface area contributed by atoms with E-state index in [2.05, 4.69) is 16.5 Å². The molecule has 1 aliphatic rings. The Hall–Kier alpha value is -0.720. The maximum absolute atomic E-state index is 13.1. The number of nitrogens with zero attached hydrogens (tertiary/aromatic N) is 1. The number of nitrogens with one attached hydrogen (secondary N) is 1. The van der Waals surface area contributed by atoms with Gasteiger partial charge < -0.3 is 5.32 Å². The molecule has 1 saturated heterocycles. The minimum absolute atomic E-state index is 0.336. The van der Waals surface area contributed by atoms with E-state index in [1.54, 1.807) is 23.9 Å². The first-order valence-electron chi connectivity index (χ1n) is 7.61. The van der Waals surface area contributed by atoms with Crippen molar-refractivity contribution in [3.8, 4) is 0 Å². The third-order valence-electron chi connectivity index (χ3n) is 4.04. The summed E-state index contributed by atoms with van der Waals surface area (Å²) in [5.41, 5.74) is -0.123. The van der Waals surface area contributed by atoms with Crippen molar-refractivity contribution < 1.29 is 13.2 Å². The van der Waals surface area contributed by atoms with Gasteiger partial charge in [0.2, 0.25) is 0 Å². The first-order valence-corrected chi connectivity index (χ1v) is 9.00. The zero-order chi connectivity index (χ0) is 16.0. The fraction of sp³-hybridized carbons (Fsp3) is 0.625. The van der Waals surface area contributed by atoms with E-state index in [1.165, 1.54) is 12.1 Å². The quantitative estimate of drug-likeness (QED) is 0.768. The van der Waals surface area contributed by atoms with Gasteiger partial charge >= 0.3 is 6.18 Å². The van der Waals surface area contributed by atoms with Gasteiger partial charge in [-0.05, 0) is 49.6 Å². The Morgan fingerprint density at radius 2 is 2.09 bits per heavy atom. The van der Waals surface area contributed by atoms with E-state index in [-0.39, 0.29) is 0 Å². The Morgan fingerprint density at radius 1 is 1.32 bits per heavy atom. The van der Waals surface area contributed by atoms with E-state index in [9.17, 15) is 13.2 Å². The molecule has 0 unspecified atom stereocenters. The number of hydrogen-bond donors (Lipinski definition) is 1. The van der Waals surface area contributed by atoms with Crippen LogP contribution in [0.15, 0.2) is 24.3 Å². The molecule has 1 atom stereocenters. The zero-order valence-corrected chi connectivity index (χ0v) is 13.6. The van der Waals surface area contributed by atoms with Crippen molar-refractivity contribution in [2.45, 2.75) is 31.6 Å². The molecule has 0 aromatic heterocycles. The highest BCUT2D eigenvalue weighted by Crippen LogP contribution is 2.32. The van der Waals surface area contributed by atoms with Gasteiger partial charge in [0.25, 0.3) is 0 Å². The van der Waals surface area contributed by atoms with Gasteiger partial charge in [-0.1, -0.05) is 18.2 Å². The van der Waals surface area contributed by atoms with Crippen molar-refractivity contribution in [1.82, 2.24) is 10.2 Å². The van der Waals surface area contributed by atoms with Crippen LogP contribution in [-0.4, -0.2) is 42.6 Å². The Balaban J connectivity index is 2.12. The minimum atomic E-state index is -4.28. The molecule has 0 amide bonds.